The summed E-state index contributed by atoms with van der Waals surface area (Å²) in [7, 11) is 1.51. The zero-order valence-corrected chi connectivity index (χ0v) is 16.6. The second-order valence-corrected chi connectivity index (χ2v) is 7.08. The van der Waals surface area contributed by atoms with Crippen LogP contribution in [0.3, 0.4) is 0 Å². The summed E-state index contributed by atoms with van der Waals surface area (Å²) in [6.45, 7) is 3.05. The molecule has 1 atom stereocenters. The van der Waals surface area contributed by atoms with Gasteiger partial charge in [-0.3, -0.25) is 9.78 Å². The maximum atomic E-state index is 13.3. The SMILES string of the molecule is COCC1CN(c2ccc(C#N)c(C(F)(F)F)c2)CCN1C(=O)c1ccc(C)nc1. The predicted octanol–water partition coefficient (Wildman–Crippen LogP) is 3.26. The molecule has 158 valence electrons. The molecule has 1 aromatic heterocycles. The molecule has 6 nitrogen and oxygen atoms in total. The number of ether oxygens (including phenoxy) is 1. The molecule has 0 aliphatic carbocycles. The van der Waals surface area contributed by atoms with Crippen molar-refractivity contribution in [1.29, 1.82) is 5.26 Å². The van der Waals surface area contributed by atoms with Crippen molar-refractivity contribution >= 4 is 11.6 Å². The fourth-order valence-electron chi connectivity index (χ4n) is 3.51. The van der Waals surface area contributed by atoms with Gasteiger partial charge >= 0.3 is 6.18 Å². The molecular weight excluding hydrogens is 397 g/mol. The van der Waals surface area contributed by atoms with Crippen LogP contribution in [0.5, 0.6) is 0 Å². The van der Waals surface area contributed by atoms with Crippen LogP contribution in [0.4, 0.5) is 18.9 Å². The van der Waals surface area contributed by atoms with Crippen LogP contribution in [0, 0.1) is 18.3 Å². The van der Waals surface area contributed by atoms with Gasteiger partial charge in [0.2, 0.25) is 0 Å². The van der Waals surface area contributed by atoms with Crippen molar-refractivity contribution in [3.8, 4) is 6.07 Å². The van der Waals surface area contributed by atoms with E-state index in [-0.39, 0.29) is 18.6 Å². The minimum Gasteiger partial charge on any atom is -0.382 e. The van der Waals surface area contributed by atoms with E-state index in [1.807, 2.05) is 6.92 Å². The third kappa shape index (κ3) is 4.54. The molecule has 1 unspecified atom stereocenters. The van der Waals surface area contributed by atoms with Crippen molar-refractivity contribution in [3.63, 3.8) is 0 Å². The highest BCUT2D eigenvalue weighted by Gasteiger charge is 2.36. The largest absolute Gasteiger partial charge is 0.417 e. The van der Waals surface area contributed by atoms with E-state index in [1.54, 1.807) is 28.0 Å². The number of carbonyl (C=O) groups is 1. The molecule has 2 aromatic rings. The first kappa shape index (κ1) is 21.6. The third-order valence-corrected chi connectivity index (χ3v) is 5.06. The van der Waals surface area contributed by atoms with Crippen LogP contribution in [0.15, 0.2) is 36.5 Å². The van der Waals surface area contributed by atoms with Gasteiger partial charge < -0.3 is 14.5 Å². The van der Waals surface area contributed by atoms with Crippen LogP contribution in [0.1, 0.15) is 27.2 Å². The van der Waals surface area contributed by atoms with E-state index in [0.717, 1.165) is 11.8 Å². The number of rotatable bonds is 4. The van der Waals surface area contributed by atoms with Crippen LogP contribution in [0.2, 0.25) is 0 Å². The van der Waals surface area contributed by atoms with E-state index >= 15 is 0 Å². The van der Waals surface area contributed by atoms with Crippen molar-refractivity contribution in [3.05, 3.63) is 58.9 Å². The average Bonchev–Trinajstić information content (AvgIpc) is 2.73. The number of hydrogen-bond donors (Lipinski definition) is 0. The zero-order chi connectivity index (χ0) is 21.9. The molecule has 0 N–H and O–H groups in total. The highest BCUT2D eigenvalue weighted by Crippen LogP contribution is 2.35. The lowest BCUT2D eigenvalue weighted by molar-refractivity contribution is -0.137. The number of aryl methyl sites for hydroxylation is 1. The van der Waals surface area contributed by atoms with Gasteiger partial charge in [0.05, 0.1) is 35.4 Å². The van der Waals surface area contributed by atoms with E-state index < -0.39 is 17.3 Å². The second kappa shape index (κ2) is 8.71. The molecule has 0 radical (unpaired) electrons. The third-order valence-electron chi connectivity index (χ3n) is 5.06. The lowest BCUT2D eigenvalue weighted by Crippen LogP contribution is -2.57. The molecular formula is C21H21F3N4O2. The number of anilines is 1. The van der Waals surface area contributed by atoms with Crippen molar-refractivity contribution in [2.24, 2.45) is 0 Å². The van der Waals surface area contributed by atoms with Crippen molar-refractivity contribution in [2.45, 2.75) is 19.1 Å². The number of alkyl halides is 3. The topological polar surface area (TPSA) is 69.5 Å². The van der Waals surface area contributed by atoms with Gasteiger partial charge in [-0.1, -0.05) is 0 Å². The average molecular weight is 418 g/mol. The quantitative estimate of drug-likeness (QED) is 0.763. The summed E-state index contributed by atoms with van der Waals surface area (Å²) in [5.74, 6) is -0.194. The fraction of sp³-hybridized carbons (Fsp3) is 0.381. The van der Waals surface area contributed by atoms with Crippen molar-refractivity contribution < 1.29 is 22.7 Å². The molecule has 1 fully saturated rings. The first-order chi connectivity index (χ1) is 14.2. The molecule has 0 spiro atoms. The van der Waals surface area contributed by atoms with Crippen LogP contribution in [-0.2, 0) is 10.9 Å². The molecule has 0 saturated carbocycles. The summed E-state index contributed by atoms with van der Waals surface area (Å²) < 4.78 is 45.2. The lowest BCUT2D eigenvalue weighted by Gasteiger charge is -2.42. The standard InChI is InChI=1S/C21H21F3N4O2/c1-14-3-4-16(11-26-14)20(29)28-8-7-27(12-18(28)13-30-2)17-6-5-15(10-25)19(9-17)21(22,23)24/h3-6,9,11,18H,7-8,12-13H2,1-2H3. The molecule has 1 amide bonds. The number of carbonyl (C=O) groups excluding carboxylic acids is 1. The van der Waals surface area contributed by atoms with E-state index in [9.17, 15) is 18.0 Å². The molecule has 1 saturated heterocycles. The smallest absolute Gasteiger partial charge is 0.382 e. The van der Waals surface area contributed by atoms with Gasteiger partial charge in [0, 0.05) is 44.3 Å². The van der Waals surface area contributed by atoms with Crippen LogP contribution >= 0.6 is 0 Å². The minimum absolute atomic E-state index is 0.194. The Morgan fingerprint density at radius 3 is 2.67 bits per heavy atom. The number of halogens is 3. The van der Waals surface area contributed by atoms with Gasteiger partial charge in [0.25, 0.3) is 5.91 Å². The van der Waals surface area contributed by atoms with Gasteiger partial charge in [-0.25, -0.2) is 0 Å². The molecule has 1 aromatic carbocycles. The van der Waals surface area contributed by atoms with E-state index in [1.165, 1.54) is 25.4 Å². The summed E-state index contributed by atoms with van der Waals surface area (Å²) in [6, 6.07) is 8.37. The van der Waals surface area contributed by atoms with Crippen molar-refractivity contribution in [2.75, 3.05) is 38.3 Å². The summed E-state index contributed by atoms with van der Waals surface area (Å²) in [6.07, 6.45) is -3.10. The minimum atomic E-state index is -4.62. The monoisotopic (exact) mass is 418 g/mol. The van der Waals surface area contributed by atoms with Gasteiger partial charge in [0.1, 0.15) is 0 Å². The summed E-state index contributed by atoms with van der Waals surface area (Å²) in [5, 5.41) is 8.99. The van der Waals surface area contributed by atoms with Crippen molar-refractivity contribution in [1.82, 2.24) is 9.88 Å². The first-order valence-corrected chi connectivity index (χ1v) is 9.33. The fourth-order valence-corrected chi connectivity index (χ4v) is 3.51. The maximum absolute atomic E-state index is 13.3. The predicted molar refractivity (Wildman–Crippen MR) is 104 cm³/mol. The summed E-state index contributed by atoms with van der Waals surface area (Å²) in [5.41, 5.74) is 0.223. The molecule has 3 rings (SSSR count). The van der Waals surface area contributed by atoms with Crippen LogP contribution in [-0.4, -0.2) is 55.2 Å². The Morgan fingerprint density at radius 1 is 1.30 bits per heavy atom. The van der Waals surface area contributed by atoms with Crippen LogP contribution in [0.25, 0.3) is 0 Å². The highest BCUT2D eigenvalue weighted by atomic mass is 19.4. The number of pyridine rings is 1. The van der Waals surface area contributed by atoms with Gasteiger partial charge in [-0.2, -0.15) is 18.4 Å². The van der Waals surface area contributed by atoms with Crippen LogP contribution < -0.4 is 4.90 Å². The molecule has 9 heteroatoms. The van der Waals surface area contributed by atoms with E-state index in [4.69, 9.17) is 10.00 Å². The Bertz CT molecular complexity index is 954. The number of amides is 1. The Hall–Kier alpha value is -3.12. The lowest BCUT2D eigenvalue weighted by atomic mass is 10.0. The molecule has 30 heavy (non-hydrogen) atoms. The Labute approximate surface area is 172 Å². The number of benzene rings is 1. The molecule has 1 aliphatic heterocycles. The van der Waals surface area contributed by atoms with E-state index in [0.29, 0.717) is 30.9 Å². The normalized spacial score (nSPS) is 17.0. The molecule has 0 bridgehead atoms. The second-order valence-electron chi connectivity index (χ2n) is 7.08. The zero-order valence-electron chi connectivity index (χ0n) is 16.6. The number of nitrogens with zero attached hydrogens (tertiary/aromatic N) is 4. The molecule has 2 heterocycles. The Kier molecular flexibility index (Phi) is 6.27. The Balaban J connectivity index is 1.84. The number of hydrogen-bond acceptors (Lipinski definition) is 5. The first-order valence-electron chi connectivity index (χ1n) is 9.33. The van der Waals surface area contributed by atoms with Gasteiger partial charge in [0.15, 0.2) is 0 Å². The highest BCUT2D eigenvalue weighted by molar-refractivity contribution is 5.94. The van der Waals surface area contributed by atoms with Gasteiger partial charge in [-0.05, 0) is 37.3 Å². The van der Waals surface area contributed by atoms with E-state index in [2.05, 4.69) is 4.98 Å². The summed E-state index contributed by atoms with van der Waals surface area (Å²) in [4.78, 5) is 20.5. The number of methoxy groups -OCH3 is 1. The maximum Gasteiger partial charge on any atom is 0.417 e. The number of piperazine rings is 1. The Morgan fingerprint density at radius 2 is 2.07 bits per heavy atom. The van der Waals surface area contributed by atoms with Gasteiger partial charge in [-0.15, -0.1) is 0 Å². The number of aromatic nitrogens is 1. The summed E-state index contributed by atoms with van der Waals surface area (Å²) >= 11 is 0. The number of nitriles is 1. The molecule has 1 aliphatic rings.